The van der Waals surface area contributed by atoms with E-state index in [9.17, 15) is 4.79 Å². The van der Waals surface area contributed by atoms with Gasteiger partial charge in [-0.3, -0.25) is 4.68 Å². The summed E-state index contributed by atoms with van der Waals surface area (Å²) in [5.41, 5.74) is 2.59. The third-order valence-corrected chi connectivity index (χ3v) is 4.14. The number of nitrogens with zero attached hydrogens (tertiary/aromatic N) is 4. The largest absolute Gasteiger partial charge is 0.444 e. The number of hydrogen-bond donors (Lipinski definition) is 2. The van der Waals surface area contributed by atoms with Crippen LogP contribution in [0.4, 0.5) is 16.4 Å². The molecule has 0 unspecified atom stereocenters. The number of amides is 1. The maximum atomic E-state index is 11.8. The van der Waals surface area contributed by atoms with Crippen LogP contribution in [0.25, 0.3) is 11.3 Å². The highest BCUT2D eigenvalue weighted by Crippen LogP contribution is 2.25. The first-order valence-electron chi connectivity index (χ1n) is 9.04. The number of aryl methyl sites for hydroxylation is 1. The Hall–Kier alpha value is -3.13. The van der Waals surface area contributed by atoms with E-state index < -0.39 is 11.7 Å². The molecule has 1 amide bonds. The molecular formula is C20H23ClN6O2. The fraction of sp³-hybridized carbons (Fsp3) is 0.300. The van der Waals surface area contributed by atoms with Crippen molar-refractivity contribution in [2.75, 3.05) is 5.32 Å². The molecule has 0 bridgehead atoms. The lowest BCUT2D eigenvalue weighted by atomic mass is 10.1. The molecule has 0 spiro atoms. The molecule has 3 rings (SSSR count). The summed E-state index contributed by atoms with van der Waals surface area (Å²) in [7, 11) is 1.84. The fourth-order valence-electron chi connectivity index (χ4n) is 2.53. The van der Waals surface area contributed by atoms with Crippen molar-refractivity contribution in [1.29, 1.82) is 0 Å². The molecule has 0 aliphatic carbocycles. The second kappa shape index (κ2) is 8.48. The number of aromatic nitrogens is 4. The number of carbonyl (C=O) groups excluding carboxylic acids is 1. The summed E-state index contributed by atoms with van der Waals surface area (Å²) in [6.45, 7) is 5.71. The van der Waals surface area contributed by atoms with Gasteiger partial charge in [0.05, 0.1) is 17.6 Å². The Morgan fingerprint density at radius 2 is 2.07 bits per heavy atom. The van der Waals surface area contributed by atoms with Crippen molar-refractivity contribution >= 4 is 29.3 Å². The number of rotatable bonds is 5. The maximum Gasteiger partial charge on any atom is 0.407 e. The van der Waals surface area contributed by atoms with Crippen LogP contribution in [0.3, 0.4) is 0 Å². The third-order valence-electron chi connectivity index (χ3n) is 3.79. The standard InChI is InChI=1S/C20H23ClN6O2/c1-20(2,3)29-19(28)23-10-14-6-5-13(9-16(14)21)17-7-8-22-18(26-17)25-15-11-24-27(4)12-15/h5-9,11-12H,10H2,1-4H3,(H,23,28)(H,22,25,26). The lowest BCUT2D eigenvalue weighted by molar-refractivity contribution is 0.0523. The fourth-order valence-corrected chi connectivity index (χ4v) is 2.77. The van der Waals surface area contributed by atoms with Crippen molar-refractivity contribution in [3.8, 4) is 11.3 Å². The summed E-state index contributed by atoms with van der Waals surface area (Å²) in [5.74, 6) is 0.460. The first kappa shape index (κ1) is 20.6. The molecule has 2 heterocycles. The monoisotopic (exact) mass is 414 g/mol. The second-order valence-electron chi connectivity index (χ2n) is 7.45. The topological polar surface area (TPSA) is 94.0 Å². The Bertz CT molecular complexity index is 1010. The van der Waals surface area contributed by atoms with Crippen LogP contribution >= 0.6 is 11.6 Å². The Labute approximate surface area is 174 Å². The first-order chi connectivity index (χ1) is 13.7. The molecule has 0 saturated heterocycles. The van der Waals surface area contributed by atoms with E-state index in [1.54, 1.807) is 23.1 Å². The van der Waals surface area contributed by atoms with Gasteiger partial charge < -0.3 is 15.4 Å². The highest BCUT2D eigenvalue weighted by molar-refractivity contribution is 6.31. The van der Waals surface area contributed by atoms with Gasteiger partial charge in [-0.1, -0.05) is 23.7 Å². The predicted molar refractivity (Wildman–Crippen MR) is 112 cm³/mol. The smallest absolute Gasteiger partial charge is 0.407 e. The van der Waals surface area contributed by atoms with Gasteiger partial charge in [0.1, 0.15) is 5.60 Å². The molecule has 9 heteroatoms. The Kier molecular flexibility index (Phi) is 6.03. The minimum atomic E-state index is -0.549. The molecule has 0 aliphatic heterocycles. The van der Waals surface area contributed by atoms with Crippen molar-refractivity contribution in [2.45, 2.75) is 32.9 Å². The second-order valence-corrected chi connectivity index (χ2v) is 7.86. The van der Waals surface area contributed by atoms with Crippen LogP contribution in [0.15, 0.2) is 42.9 Å². The van der Waals surface area contributed by atoms with E-state index in [0.29, 0.717) is 11.0 Å². The van der Waals surface area contributed by atoms with Crippen LogP contribution in [0.5, 0.6) is 0 Å². The molecule has 0 radical (unpaired) electrons. The number of hydrogen-bond acceptors (Lipinski definition) is 6. The van der Waals surface area contributed by atoms with Gasteiger partial charge in [-0.15, -0.1) is 0 Å². The minimum Gasteiger partial charge on any atom is -0.444 e. The SMILES string of the molecule is Cn1cc(Nc2nccc(-c3ccc(CNC(=O)OC(C)(C)C)c(Cl)c3)n2)cn1. The summed E-state index contributed by atoms with van der Waals surface area (Å²) in [6.07, 6.45) is 4.71. The number of benzene rings is 1. The molecule has 152 valence electrons. The van der Waals surface area contributed by atoms with Crippen LogP contribution in [-0.4, -0.2) is 31.4 Å². The van der Waals surface area contributed by atoms with Gasteiger partial charge in [-0.05, 0) is 38.5 Å². The van der Waals surface area contributed by atoms with Crippen LogP contribution in [-0.2, 0) is 18.3 Å². The Balaban J connectivity index is 1.69. The van der Waals surface area contributed by atoms with Crippen molar-refractivity contribution in [3.05, 3.63) is 53.4 Å². The van der Waals surface area contributed by atoms with Crippen LogP contribution < -0.4 is 10.6 Å². The molecule has 2 N–H and O–H groups in total. The number of carbonyl (C=O) groups is 1. The summed E-state index contributed by atoms with van der Waals surface area (Å²) in [5, 5.41) is 10.5. The molecule has 29 heavy (non-hydrogen) atoms. The van der Waals surface area contributed by atoms with Gasteiger partial charge >= 0.3 is 6.09 Å². The van der Waals surface area contributed by atoms with E-state index in [4.69, 9.17) is 16.3 Å². The number of alkyl carbamates (subject to hydrolysis) is 1. The molecule has 3 aromatic rings. The molecule has 0 saturated carbocycles. The minimum absolute atomic E-state index is 0.269. The van der Waals surface area contributed by atoms with Gasteiger partial charge in [0.15, 0.2) is 0 Å². The molecule has 2 aromatic heterocycles. The molecular weight excluding hydrogens is 392 g/mol. The van der Waals surface area contributed by atoms with Crippen molar-refractivity contribution in [1.82, 2.24) is 25.1 Å². The van der Waals surface area contributed by atoms with Crippen molar-refractivity contribution in [2.24, 2.45) is 7.05 Å². The van der Waals surface area contributed by atoms with Gasteiger partial charge in [0.2, 0.25) is 5.95 Å². The van der Waals surface area contributed by atoms with Crippen LogP contribution in [0, 0.1) is 0 Å². The van der Waals surface area contributed by atoms with Crippen LogP contribution in [0.2, 0.25) is 5.02 Å². The Morgan fingerprint density at radius 1 is 1.28 bits per heavy atom. The first-order valence-corrected chi connectivity index (χ1v) is 9.42. The number of anilines is 2. The highest BCUT2D eigenvalue weighted by Gasteiger charge is 2.16. The van der Waals surface area contributed by atoms with Gasteiger partial charge in [0.25, 0.3) is 0 Å². The summed E-state index contributed by atoms with van der Waals surface area (Å²) in [4.78, 5) is 20.6. The van der Waals surface area contributed by atoms with E-state index in [1.165, 1.54) is 0 Å². The summed E-state index contributed by atoms with van der Waals surface area (Å²) in [6, 6.07) is 7.36. The number of ether oxygens (including phenoxy) is 1. The van der Waals surface area contributed by atoms with Crippen molar-refractivity contribution < 1.29 is 9.53 Å². The third kappa shape index (κ3) is 5.92. The Morgan fingerprint density at radius 3 is 2.72 bits per heavy atom. The van der Waals surface area contributed by atoms with Crippen molar-refractivity contribution in [3.63, 3.8) is 0 Å². The zero-order valence-corrected chi connectivity index (χ0v) is 17.5. The quantitative estimate of drug-likeness (QED) is 0.646. The number of halogens is 1. The average molecular weight is 415 g/mol. The maximum absolute atomic E-state index is 11.8. The van der Waals surface area contributed by atoms with Gasteiger partial charge in [0, 0.05) is 36.6 Å². The average Bonchev–Trinajstić information content (AvgIpc) is 3.04. The molecule has 0 atom stereocenters. The lowest BCUT2D eigenvalue weighted by Crippen LogP contribution is -2.32. The van der Waals surface area contributed by atoms with Gasteiger partial charge in [-0.25, -0.2) is 14.8 Å². The molecule has 1 aromatic carbocycles. The molecule has 0 aliphatic rings. The van der Waals surface area contributed by atoms with E-state index in [1.807, 2.05) is 52.2 Å². The van der Waals surface area contributed by atoms with E-state index in [0.717, 1.165) is 22.5 Å². The van der Waals surface area contributed by atoms with Gasteiger partial charge in [-0.2, -0.15) is 5.10 Å². The predicted octanol–water partition coefficient (Wildman–Crippen LogP) is 4.30. The van der Waals surface area contributed by atoms with E-state index in [2.05, 4.69) is 25.7 Å². The van der Waals surface area contributed by atoms with E-state index >= 15 is 0 Å². The summed E-state index contributed by atoms with van der Waals surface area (Å²) < 4.78 is 6.92. The molecule has 8 nitrogen and oxygen atoms in total. The highest BCUT2D eigenvalue weighted by atomic mass is 35.5. The number of nitrogens with one attached hydrogen (secondary N) is 2. The lowest BCUT2D eigenvalue weighted by Gasteiger charge is -2.19. The normalized spacial score (nSPS) is 11.2. The van der Waals surface area contributed by atoms with Crippen LogP contribution in [0.1, 0.15) is 26.3 Å². The van der Waals surface area contributed by atoms with E-state index in [-0.39, 0.29) is 6.54 Å². The zero-order valence-electron chi connectivity index (χ0n) is 16.7. The summed E-state index contributed by atoms with van der Waals surface area (Å²) >= 11 is 6.41. The molecule has 0 fully saturated rings. The zero-order chi connectivity index (χ0) is 21.0.